The predicted molar refractivity (Wildman–Crippen MR) is 89.7 cm³/mol. The zero-order valence-electron chi connectivity index (χ0n) is 12.5. The van der Waals surface area contributed by atoms with Gasteiger partial charge >= 0.3 is 0 Å². The van der Waals surface area contributed by atoms with Crippen molar-refractivity contribution in [1.29, 1.82) is 0 Å². The van der Waals surface area contributed by atoms with Crippen molar-refractivity contribution in [1.82, 2.24) is 9.97 Å². The minimum absolute atomic E-state index is 0.190. The van der Waals surface area contributed by atoms with E-state index in [2.05, 4.69) is 9.97 Å². The Hall–Kier alpha value is -3.34. The summed E-state index contributed by atoms with van der Waals surface area (Å²) < 4.78 is 18.8. The zero-order chi connectivity index (χ0) is 16.5. The molecular weight excluding hydrogens is 307 g/mol. The molecule has 0 aliphatic carbocycles. The Morgan fingerprint density at radius 1 is 0.875 bits per heavy atom. The molecular formula is C19H13FN2O2. The summed E-state index contributed by atoms with van der Waals surface area (Å²) in [6, 6.07) is 18.2. The fourth-order valence-electron chi connectivity index (χ4n) is 2.45. The molecule has 0 amide bonds. The highest BCUT2D eigenvalue weighted by molar-refractivity contribution is 5.80. The maximum absolute atomic E-state index is 13.0. The number of rotatable bonds is 3. The summed E-state index contributed by atoms with van der Waals surface area (Å²) in [5.74, 6) is 1.87. The third kappa shape index (κ3) is 2.79. The average molecular weight is 320 g/mol. The maximum atomic E-state index is 13.0. The van der Waals surface area contributed by atoms with Crippen LogP contribution in [-0.4, -0.2) is 15.1 Å². The van der Waals surface area contributed by atoms with Gasteiger partial charge < -0.3 is 14.8 Å². The molecule has 118 valence electrons. The summed E-state index contributed by atoms with van der Waals surface area (Å²) in [5.41, 5.74) is 2.44. The van der Waals surface area contributed by atoms with Crippen LogP contribution in [0.3, 0.4) is 0 Å². The van der Waals surface area contributed by atoms with E-state index < -0.39 is 0 Å². The first-order valence-electron chi connectivity index (χ1n) is 7.40. The second-order valence-electron chi connectivity index (χ2n) is 5.37. The first-order valence-corrected chi connectivity index (χ1v) is 7.40. The van der Waals surface area contributed by atoms with Crippen molar-refractivity contribution in [3.05, 3.63) is 72.5 Å². The molecule has 4 rings (SSSR count). The van der Waals surface area contributed by atoms with E-state index in [4.69, 9.17) is 4.74 Å². The lowest BCUT2D eigenvalue weighted by Crippen LogP contribution is -1.83. The first kappa shape index (κ1) is 14.3. The largest absolute Gasteiger partial charge is 0.508 e. The average Bonchev–Trinajstić information content (AvgIpc) is 3.01. The fraction of sp³-hybridized carbons (Fsp3) is 0. The van der Waals surface area contributed by atoms with Crippen molar-refractivity contribution in [2.45, 2.75) is 0 Å². The van der Waals surface area contributed by atoms with Gasteiger partial charge in [0.05, 0.1) is 11.0 Å². The second-order valence-corrected chi connectivity index (χ2v) is 5.37. The summed E-state index contributed by atoms with van der Waals surface area (Å²) in [6.07, 6.45) is 0. The lowest BCUT2D eigenvalue weighted by Gasteiger charge is -2.05. The van der Waals surface area contributed by atoms with Crippen LogP contribution in [0.5, 0.6) is 17.2 Å². The smallest absolute Gasteiger partial charge is 0.138 e. The van der Waals surface area contributed by atoms with Crippen molar-refractivity contribution in [2.24, 2.45) is 0 Å². The molecule has 0 saturated carbocycles. The molecule has 24 heavy (non-hydrogen) atoms. The van der Waals surface area contributed by atoms with Crippen LogP contribution in [-0.2, 0) is 0 Å². The van der Waals surface area contributed by atoms with E-state index in [1.54, 1.807) is 36.4 Å². The van der Waals surface area contributed by atoms with Crippen LogP contribution >= 0.6 is 0 Å². The number of H-pyrrole nitrogens is 1. The molecule has 1 heterocycles. The summed E-state index contributed by atoms with van der Waals surface area (Å²) in [5, 5.41) is 9.30. The number of halogens is 1. The normalized spacial score (nSPS) is 10.9. The number of aromatic nitrogens is 2. The van der Waals surface area contributed by atoms with Gasteiger partial charge in [-0.25, -0.2) is 9.37 Å². The predicted octanol–water partition coefficient (Wildman–Crippen LogP) is 4.87. The van der Waals surface area contributed by atoms with E-state index in [1.165, 1.54) is 12.1 Å². The van der Waals surface area contributed by atoms with Gasteiger partial charge in [0.15, 0.2) is 0 Å². The Kier molecular flexibility index (Phi) is 3.39. The molecule has 4 nitrogen and oxygen atoms in total. The van der Waals surface area contributed by atoms with Gasteiger partial charge in [0.25, 0.3) is 0 Å². The van der Waals surface area contributed by atoms with Gasteiger partial charge in [0, 0.05) is 11.6 Å². The first-order chi connectivity index (χ1) is 11.7. The van der Waals surface area contributed by atoms with Crippen molar-refractivity contribution < 1.29 is 14.2 Å². The number of phenolic OH excluding ortho intramolecular Hbond substituents is 1. The fourth-order valence-corrected chi connectivity index (χ4v) is 2.45. The van der Waals surface area contributed by atoms with E-state index >= 15 is 0 Å². The minimum atomic E-state index is -0.278. The molecule has 3 aromatic carbocycles. The Bertz CT molecular complexity index is 992. The lowest BCUT2D eigenvalue weighted by atomic mass is 10.2. The number of aromatic hydroxyl groups is 1. The molecule has 2 N–H and O–H groups in total. The maximum Gasteiger partial charge on any atom is 0.138 e. The van der Waals surface area contributed by atoms with E-state index in [9.17, 15) is 9.50 Å². The van der Waals surface area contributed by atoms with Crippen LogP contribution in [0, 0.1) is 5.82 Å². The Balaban J connectivity index is 1.65. The molecule has 0 bridgehead atoms. The van der Waals surface area contributed by atoms with Gasteiger partial charge in [-0.2, -0.15) is 0 Å². The monoisotopic (exact) mass is 320 g/mol. The highest BCUT2D eigenvalue weighted by atomic mass is 19.1. The number of nitrogens with zero attached hydrogens (tertiary/aromatic N) is 1. The number of ether oxygens (including phenoxy) is 1. The number of hydrogen-bond acceptors (Lipinski definition) is 3. The van der Waals surface area contributed by atoms with Gasteiger partial charge in [-0.15, -0.1) is 0 Å². The van der Waals surface area contributed by atoms with E-state index in [-0.39, 0.29) is 11.6 Å². The molecule has 5 heteroatoms. The van der Waals surface area contributed by atoms with Gasteiger partial charge in [-0.1, -0.05) is 0 Å². The van der Waals surface area contributed by atoms with E-state index in [0.717, 1.165) is 16.6 Å². The van der Waals surface area contributed by atoms with Crippen LogP contribution in [0.2, 0.25) is 0 Å². The number of nitrogens with one attached hydrogen (secondary N) is 1. The van der Waals surface area contributed by atoms with Crippen LogP contribution < -0.4 is 4.74 Å². The minimum Gasteiger partial charge on any atom is -0.508 e. The Morgan fingerprint density at radius 2 is 1.58 bits per heavy atom. The van der Waals surface area contributed by atoms with Gasteiger partial charge in [0.2, 0.25) is 0 Å². The number of aromatic amines is 1. The standard InChI is InChI=1S/C19H13FN2O2/c20-13-3-1-12(2-4-13)19-21-17-10-9-16(11-18(17)22-19)24-15-7-5-14(23)6-8-15/h1-11,23H,(H,21,22). The van der Waals surface area contributed by atoms with Crippen LogP contribution in [0.4, 0.5) is 4.39 Å². The zero-order valence-corrected chi connectivity index (χ0v) is 12.5. The molecule has 0 aliphatic rings. The van der Waals surface area contributed by atoms with Gasteiger partial charge in [-0.3, -0.25) is 0 Å². The lowest BCUT2D eigenvalue weighted by molar-refractivity contribution is 0.464. The highest BCUT2D eigenvalue weighted by Gasteiger charge is 2.07. The van der Waals surface area contributed by atoms with Gasteiger partial charge in [-0.05, 0) is 60.7 Å². The summed E-state index contributed by atoms with van der Waals surface area (Å²) >= 11 is 0. The number of fused-ring (bicyclic) bond motifs is 1. The molecule has 0 unspecified atom stereocenters. The summed E-state index contributed by atoms with van der Waals surface area (Å²) in [4.78, 5) is 7.72. The molecule has 4 aromatic rings. The van der Waals surface area contributed by atoms with Crippen molar-refractivity contribution >= 4 is 11.0 Å². The molecule has 0 spiro atoms. The van der Waals surface area contributed by atoms with Crippen molar-refractivity contribution in [2.75, 3.05) is 0 Å². The number of benzene rings is 3. The number of phenols is 1. The molecule has 0 fully saturated rings. The van der Waals surface area contributed by atoms with E-state index in [1.807, 2.05) is 18.2 Å². The third-order valence-corrected chi connectivity index (χ3v) is 3.64. The molecule has 0 radical (unpaired) electrons. The van der Waals surface area contributed by atoms with E-state index in [0.29, 0.717) is 17.3 Å². The van der Waals surface area contributed by atoms with Gasteiger partial charge in [0.1, 0.15) is 28.9 Å². The summed E-state index contributed by atoms with van der Waals surface area (Å²) in [7, 11) is 0. The molecule has 1 aromatic heterocycles. The highest BCUT2D eigenvalue weighted by Crippen LogP contribution is 2.27. The quantitative estimate of drug-likeness (QED) is 0.566. The Labute approximate surface area is 137 Å². The third-order valence-electron chi connectivity index (χ3n) is 3.64. The number of hydrogen-bond donors (Lipinski definition) is 2. The van der Waals surface area contributed by atoms with Crippen LogP contribution in [0.15, 0.2) is 66.7 Å². The topological polar surface area (TPSA) is 58.1 Å². The second kappa shape index (κ2) is 5.70. The summed E-state index contributed by atoms with van der Waals surface area (Å²) in [6.45, 7) is 0. The Morgan fingerprint density at radius 3 is 2.33 bits per heavy atom. The molecule has 0 saturated heterocycles. The SMILES string of the molecule is Oc1ccc(Oc2ccc3nc(-c4ccc(F)cc4)[nH]c3c2)cc1. The molecule has 0 atom stereocenters. The van der Waals surface area contributed by atoms with Crippen LogP contribution in [0.1, 0.15) is 0 Å². The number of imidazole rings is 1. The van der Waals surface area contributed by atoms with Crippen molar-refractivity contribution in [3.8, 4) is 28.6 Å². The van der Waals surface area contributed by atoms with Crippen molar-refractivity contribution in [3.63, 3.8) is 0 Å². The van der Waals surface area contributed by atoms with Crippen LogP contribution in [0.25, 0.3) is 22.4 Å². The molecule has 0 aliphatic heterocycles.